The van der Waals surface area contributed by atoms with Gasteiger partial charge in [0.15, 0.2) is 0 Å². The van der Waals surface area contributed by atoms with Crippen molar-refractivity contribution in [3.05, 3.63) is 55.7 Å². The van der Waals surface area contributed by atoms with E-state index in [9.17, 15) is 19.3 Å². The van der Waals surface area contributed by atoms with Crippen molar-refractivity contribution in [3.63, 3.8) is 0 Å². The largest absolute Gasteiger partial charge is 0.337 e. The van der Waals surface area contributed by atoms with Gasteiger partial charge in [-0.3, -0.25) is 14.9 Å². The van der Waals surface area contributed by atoms with Gasteiger partial charge in [0.05, 0.1) is 16.8 Å². The fourth-order valence-electron chi connectivity index (χ4n) is 1.82. The molecule has 1 aromatic heterocycles. The normalized spacial score (nSPS) is 10.4. The summed E-state index contributed by atoms with van der Waals surface area (Å²) < 4.78 is 15.1. The van der Waals surface area contributed by atoms with Gasteiger partial charge in [0.25, 0.3) is 11.6 Å². The summed E-state index contributed by atoms with van der Waals surface area (Å²) >= 11 is 1.90. The fourth-order valence-corrected chi connectivity index (χ4v) is 2.44. The highest BCUT2D eigenvalue weighted by Crippen LogP contribution is 2.22. The Morgan fingerprint density at radius 1 is 1.48 bits per heavy atom. The molecule has 0 atom stereocenters. The Morgan fingerprint density at radius 2 is 2.19 bits per heavy atom. The lowest BCUT2D eigenvalue weighted by Gasteiger charge is -2.09. The monoisotopic (exact) mass is 403 g/mol. The van der Waals surface area contributed by atoms with Crippen LogP contribution in [0.15, 0.2) is 30.5 Å². The van der Waals surface area contributed by atoms with Crippen LogP contribution in [0.2, 0.25) is 0 Å². The molecule has 1 heterocycles. The number of halogens is 2. The van der Waals surface area contributed by atoms with Crippen LogP contribution in [0.4, 0.5) is 15.8 Å². The number of nitro groups is 1. The smallest absolute Gasteiger partial charge is 0.287 e. The summed E-state index contributed by atoms with van der Waals surface area (Å²) in [6, 6.07) is 5.19. The number of carbonyl (C=O) groups is 1. The first-order chi connectivity index (χ1) is 9.92. The second-order valence-corrected chi connectivity index (χ2v) is 5.37. The molecule has 2 rings (SSSR count). The maximum Gasteiger partial charge on any atom is 0.287 e. The molecule has 0 spiro atoms. The number of hydrogen-bond donors (Lipinski definition) is 1. The number of aromatic nitrogens is 1. The third-order valence-electron chi connectivity index (χ3n) is 2.85. The number of anilines is 1. The number of aryl methyl sites for hydroxylation is 1. The molecule has 0 aliphatic heterocycles. The molecule has 1 N–H and O–H groups in total. The first-order valence-electron chi connectivity index (χ1n) is 6.03. The van der Waals surface area contributed by atoms with Gasteiger partial charge >= 0.3 is 0 Å². The van der Waals surface area contributed by atoms with Crippen LogP contribution >= 0.6 is 22.6 Å². The molecule has 0 saturated heterocycles. The van der Waals surface area contributed by atoms with Gasteiger partial charge < -0.3 is 9.88 Å². The minimum atomic E-state index is -0.551. The molecule has 2 aromatic rings. The molecular weight excluding hydrogens is 392 g/mol. The second kappa shape index (κ2) is 6.20. The van der Waals surface area contributed by atoms with Crippen LogP contribution in [0.5, 0.6) is 0 Å². The molecule has 0 unspecified atom stereocenters. The third-order valence-corrected chi connectivity index (χ3v) is 3.74. The van der Waals surface area contributed by atoms with Crippen molar-refractivity contribution in [1.82, 2.24) is 4.57 Å². The van der Waals surface area contributed by atoms with Crippen LogP contribution in [0.3, 0.4) is 0 Å². The molecule has 8 heteroatoms. The van der Waals surface area contributed by atoms with Crippen molar-refractivity contribution in [3.8, 4) is 0 Å². The van der Waals surface area contributed by atoms with Gasteiger partial charge in [0, 0.05) is 16.2 Å². The summed E-state index contributed by atoms with van der Waals surface area (Å²) in [6.45, 7) is 2.21. The van der Waals surface area contributed by atoms with E-state index in [1.165, 1.54) is 35.0 Å². The molecule has 1 aromatic carbocycles. The summed E-state index contributed by atoms with van der Waals surface area (Å²) in [5.74, 6) is -0.876. The molecule has 6 nitrogen and oxygen atoms in total. The molecule has 0 aliphatic carbocycles. The summed E-state index contributed by atoms with van der Waals surface area (Å²) in [4.78, 5) is 22.4. The number of hydrogen-bond acceptors (Lipinski definition) is 3. The third kappa shape index (κ3) is 3.38. The molecule has 0 radical (unpaired) electrons. The zero-order valence-corrected chi connectivity index (χ0v) is 13.1. The van der Waals surface area contributed by atoms with E-state index < -0.39 is 16.6 Å². The number of nitrogens with zero attached hydrogens (tertiary/aromatic N) is 2. The van der Waals surface area contributed by atoms with Gasteiger partial charge in [-0.2, -0.15) is 0 Å². The average Bonchev–Trinajstić information content (AvgIpc) is 2.86. The van der Waals surface area contributed by atoms with Crippen LogP contribution in [0, 0.1) is 19.5 Å². The molecule has 0 fully saturated rings. The van der Waals surface area contributed by atoms with Crippen molar-refractivity contribution >= 4 is 39.9 Å². The van der Waals surface area contributed by atoms with E-state index in [1.54, 1.807) is 6.92 Å². The predicted octanol–water partition coefficient (Wildman–Crippen LogP) is 3.41. The van der Waals surface area contributed by atoms with Crippen molar-refractivity contribution in [1.29, 1.82) is 0 Å². The van der Waals surface area contributed by atoms with Crippen molar-refractivity contribution in [2.75, 3.05) is 5.32 Å². The molecule has 110 valence electrons. The van der Waals surface area contributed by atoms with Gasteiger partial charge in [-0.25, -0.2) is 4.39 Å². The molecule has 1 amide bonds. The lowest BCUT2D eigenvalue weighted by atomic mass is 10.3. The van der Waals surface area contributed by atoms with Crippen molar-refractivity contribution < 1.29 is 14.1 Å². The summed E-state index contributed by atoms with van der Waals surface area (Å²) in [5, 5.41) is 13.4. The Morgan fingerprint density at radius 3 is 2.76 bits per heavy atom. The fraction of sp³-hybridized carbons (Fsp3) is 0.154. The van der Waals surface area contributed by atoms with Crippen LogP contribution in [0.1, 0.15) is 17.4 Å². The highest BCUT2D eigenvalue weighted by Gasteiger charge is 2.19. The lowest BCUT2D eigenvalue weighted by molar-refractivity contribution is -0.384. The Bertz CT molecular complexity index is 715. The number of benzene rings is 1. The van der Waals surface area contributed by atoms with E-state index in [-0.39, 0.29) is 11.4 Å². The van der Waals surface area contributed by atoms with Crippen LogP contribution in [-0.4, -0.2) is 15.4 Å². The second-order valence-electron chi connectivity index (χ2n) is 4.20. The SMILES string of the molecule is CCn1cc([N+](=O)[O-])cc1C(=O)Nc1ccc(F)cc1I. The summed E-state index contributed by atoms with van der Waals surface area (Å²) in [5.41, 5.74) is 0.494. The Kier molecular flexibility index (Phi) is 4.56. The first kappa shape index (κ1) is 15.4. The maximum absolute atomic E-state index is 13.0. The van der Waals surface area contributed by atoms with Gasteiger partial charge in [-0.1, -0.05) is 0 Å². The quantitative estimate of drug-likeness (QED) is 0.483. The predicted molar refractivity (Wildman–Crippen MR) is 83.8 cm³/mol. The highest BCUT2D eigenvalue weighted by atomic mass is 127. The molecule has 21 heavy (non-hydrogen) atoms. The minimum absolute atomic E-state index is 0.143. The lowest BCUT2D eigenvalue weighted by Crippen LogP contribution is -2.17. The standard InChI is InChI=1S/C13H11FIN3O3/c1-2-17-7-9(18(20)21)6-12(17)13(19)16-11-4-3-8(14)5-10(11)15/h3-7H,2H2,1H3,(H,16,19). The van der Waals surface area contributed by atoms with Gasteiger partial charge in [0.1, 0.15) is 11.5 Å². The van der Waals surface area contributed by atoms with Gasteiger partial charge in [-0.15, -0.1) is 0 Å². The van der Waals surface area contributed by atoms with E-state index in [0.29, 0.717) is 15.8 Å². The highest BCUT2D eigenvalue weighted by molar-refractivity contribution is 14.1. The number of rotatable bonds is 4. The van der Waals surface area contributed by atoms with E-state index >= 15 is 0 Å². The number of amides is 1. The van der Waals surface area contributed by atoms with E-state index in [0.717, 1.165) is 0 Å². The van der Waals surface area contributed by atoms with Crippen LogP contribution in [-0.2, 0) is 6.54 Å². The summed E-state index contributed by atoms with van der Waals surface area (Å²) in [6.07, 6.45) is 1.31. The number of nitrogens with one attached hydrogen (secondary N) is 1. The Labute approximate surface area is 133 Å². The van der Waals surface area contributed by atoms with Gasteiger partial charge in [0.2, 0.25) is 0 Å². The zero-order valence-electron chi connectivity index (χ0n) is 11.0. The maximum atomic E-state index is 13.0. The number of carbonyl (C=O) groups excluding carboxylic acids is 1. The first-order valence-corrected chi connectivity index (χ1v) is 7.11. The van der Waals surface area contributed by atoms with Crippen LogP contribution < -0.4 is 5.32 Å². The molecule has 0 saturated carbocycles. The molecule has 0 bridgehead atoms. The Hall–Kier alpha value is -1.97. The molecular formula is C13H11FIN3O3. The van der Waals surface area contributed by atoms with Gasteiger partial charge in [-0.05, 0) is 47.7 Å². The van der Waals surface area contributed by atoms with Crippen molar-refractivity contribution in [2.45, 2.75) is 13.5 Å². The van der Waals surface area contributed by atoms with E-state index in [2.05, 4.69) is 5.32 Å². The molecule has 0 aliphatic rings. The van der Waals surface area contributed by atoms with E-state index in [1.807, 2.05) is 22.6 Å². The average molecular weight is 403 g/mol. The Balaban J connectivity index is 2.29. The topological polar surface area (TPSA) is 77.2 Å². The van der Waals surface area contributed by atoms with Crippen LogP contribution in [0.25, 0.3) is 0 Å². The van der Waals surface area contributed by atoms with Crippen molar-refractivity contribution in [2.24, 2.45) is 0 Å². The van der Waals surface area contributed by atoms with E-state index in [4.69, 9.17) is 0 Å². The minimum Gasteiger partial charge on any atom is -0.337 e. The summed E-state index contributed by atoms with van der Waals surface area (Å²) in [7, 11) is 0. The zero-order chi connectivity index (χ0) is 15.6.